The Hall–Kier alpha value is -1.35. The number of carboxylic acids is 1. The van der Waals surface area contributed by atoms with E-state index in [1.54, 1.807) is 19.2 Å². The summed E-state index contributed by atoms with van der Waals surface area (Å²) < 4.78 is 5.29. The van der Waals surface area contributed by atoms with Crippen LogP contribution in [0.3, 0.4) is 0 Å². The Balaban J connectivity index is 3.31. The van der Waals surface area contributed by atoms with Crippen LogP contribution in [0.4, 0.5) is 0 Å². The van der Waals surface area contributed by atoms with Crippen molar-refractivity contribution in [2.75, 3.05) is 13.7 Å². The SMILES string of the molecule is CCC(CC)(COC)c1ccccc1C(=O)O. The first kappa shape index (κ1) is 13.7. The van der Waals surface area contributed by atoms with Crippen molar-refractivity contribution in [2.45, 2.75) is 32.1 Å². The third-order valence-corrected chi connectivity index (χ3v) is 3.50. The molecule has 0 spiro atoms. The molecule has 1 aromatic rings. The lowest BCUT2D eigenvalue weighted by Gasteiger charge is -2.32. The lowest BCUT2D eigenvalue weighted by molar-refractivity contribution is 0.0688. The molecule has 0 amide bonds. The molecule has 17 heavy (non-hydrogen) atoms. The first-order valence-electron chi connectivity index (χ1n) is 5.93. The molecule has 0 saturated carbocycles. The van der Waals surface area contributed by atoms with Crippen molar-refractivity contribution in [3.8, 4) is 0 Å². The van der Waals surface area contributed by atoms with E-state index in [1.165, 1.54) is 0 Å². The number of rotatable bonds is 6. The Bertz CT molecular complexity index is 381. The summed E-state index contributed by atoms with van der Waals surface area (Å²) in [5, 5.41) is 9.25. The van der Waals surface area contributed by atoms with E-state index in [1.807, 2.05) is 12.1 Å². The molecule has 1 aromatic carbocycles. The summed E-state index contributed by atoms with van der Waals surface area (Å²) in [6, 6.07) is 7.20. The van der Waals surface area contributed by atoms with E-state index in [0.29, 0.717) is 12.2 Å². The van der Waals surface area contributed by atoms with Gasteiger partial charge in [0.1, 0.15) is 0 Å². The molecule has 94 valence electrons. The van der Waals surface area contributed by atoms with Crippen LogP contribution < -0.4 is 0 Å². The Morgan fingerprint density at radius 3 is 2.35 bits per heavy atom. The Morgan fingerprint density at radius 1 is 1.29 bits per heavy atom. The molecule has 0 heterocycles. The van der Waals surface area contributed by atoms with Crippen LogP contribution in [0.25, 0.3) is 0 Å². The van der Waals surface area contributed by atoms with Gasteiger partial charge in [-0.1, -0.05) is 32.0 Å². The fourth-order valence-corrected chi connectivity index (χ4v) is 2.32. The molecule has 0 unspecified atom stereocenters. The fraction of sp³-hybridized carbons (Fsp3) is 0.500. The smallest absolute Gasteiger partial charge is 0.335 e. The van der Waals surface area contributed by atoms with Crippen molar-refractivity contribution in [3.05, 3.63) is 35.4 Å². The zero-order valence-corrected chi connectivity index (χ0v) is 10.7. The highest BCUT2D eigenvalue weighted by Gasteiger charge is 2.32. The van der Waals surface area contributed by atoms with Crippen LogP contribution in [-0.4, -0.2) is 24.8 Å². The number of carbonyl (C=O) groups is 1. The molecule has 3 heteroatoms. The average molecular weight is 236 g/mol. The molecule has 0 saturated heterocycles. The van der Waals surface area contributed by atoms with Crippen LogP contribution in [0.5, 0.6) is 0 Å². The van der Waals surface area contributed by atoms with Crippen LogP contribution in [0.1, 0.15) is 42.6 Å². The van der Waals surface area contributed by atoms with Crippen molar-refractivity contribution < 1.29 is 14.6 Å². The Kier molecular flexibility index (Phi) is 4.70. The van der Waals surface area contributed by atoms with Gasteiger partial charge in [0, 0.05) is 12.5 Å². The second kappa shape index (κ2) is 5.82. The van der Waals surface area contributed by atoms with Gasteiger partial charge in [0.15, 0.2) is 0 Å². The normalized spacial score (nSPS) is 11.5. The van der Waals surface area contributed by atoms with Crippen molar-refractivity contribution in [3.63, 3.8) is 0 Å². The minimum atomic E-state index is -0.872. The number of benzene rings is 1. The van der Waals surface area contributed by atoms with Crippen molar-refractivity contribution >= 4 is 5.97 Å². The Morgan fingerprint density at radius 2 is 1.88 bits per heavy atom. The largest absolute Gasteiger partial charge is 0.478 e. The quantitative estimate of drug-likeness (QED) is 0.825. The molecule has 0 fully saturated rings. The highest BCUT2D eigenvalue weighted by molar-refractivity contribution is 5.89. The van der Waals surface area contributed by atoms with E-state index in [-0.39, 0.29) is 5.41 Å². The van der Waals surface area contributed by atoms with Crippen molar-refractivity contribution in [1.29, 1.82) is 0 Å². The van der Waals surface area contributed by atoms with E-state index in [9.17, 15) is 9.90 Å². The van der Waals surface area contributed by atoms with Gasteiger partial charge < -0.3 is 9.84 Å². The molecule has 0 aliphatic carbocycles. The highest BCUT2D eigenvalue weighted by atomic mass is 16.5. The summed E-state index contributed by atoms with van der Waals surface area (Å²) in [4.78, 5) is 11.3. The molecule has 0 aliphatic rings. The van der Waals surface area contributed by atoms with E-state index < -0.39 is 5.97 Å². The second-order valence-electron chi connectivity index (χ2n) is 4.27. The van der Waals surface area contributed by atoms with Crippen LogP contribution >= 0.6 is 0 Å². The summed E-state index contributed by atoms with van der Waals surface area (Å²) in [5.41, 5.74) is 1.05. The fourth-order valence-electron chi connectivity index (χ4n) is 2.32. The molecular formula is C14H20O3. The molecule has 0 bridgehead atoms. The zero-order chi connectivity index (χ0) is 12.9. The third-order valence-electron chi connectivity index (χ3n) is 3.50. The minimum absolute atomic E-state index is 0.205. The maximum absolute atomic E-state index is 11.3. The summed E-state index contributed by atoms with van der Waals surface area (Å²) in [6.45, 7) is 4.69. The monoisotopic (exact) mass is 236 g/mol. The molecule has 0 radical (unpaired) electrons. The number of hydrogen-bond acceptors (Lipinski definition) is 2. The standard InChI is InChI=1S/C14H20O3/c1-4-14(5-2,10-17-3)12-9-7-6-8-11(12)13(15)16/h6-9H,4-5,10H2,1-3H3,(H,15,16). The van der Waals surface area contributed by atoms with Crippen LogP contribution in [0.2, 0.25) is 0 Å². The maximum Gasteiger partial charge on any atom is 0.335 e. The van der Waals surface area contributed by atoms with Gasteiger partial charge in [0.05, 0.1) is 12.2 Å². The molecule has 1 N–H and O–H groups in total. The van der Waals surface area contributed by atoms with Gasteiger partial charge in [0.2, 0.25) is 0 Å². The summed E-state index contributed by atoms with van der Waals surface area (Å²) in [7, 11) is 1.66. The number of aromatic carboxylic acids is 1. The van der Waals surface area contributed by atoms with Gasteiger partial charge in [-0.15, -0.1) is 0 Å². The minimum Gasteiger partial charge on any atom is -0.478 e. The van der Waals surface area contributed by atoms with Gasteiger partial charge in [-0.2, -0.15) is 0 Å². The topological polar surface area (TPSA) is 46.5 Å². The van der Waals surface area contributed by atoms with E-state index in [2.05, 4.69) is 13.8 Å². The van der Waals surface area contributed by atoms with Crippen LogP contribution in [0.15, 0.2) is 24.3 Å². The molecule has 1 rings (SSSR count). The second-order valence-corrected chi connectivity index (χ2v) is 4.27. The molecule has 0 aliphatic heterocycles. The number of hydrogen-bond donors (Lipinski definition) is 1. The zero-order valence-electron chi connectivity index (χ0n) is 10.7. The highest BCUT2D eigenvalue weighted by Crippen LogP contribution is 2.34. The summed E-state index contributed by atoms with van der Waals surface area (Å²) in [6.07, 6.45) is 1.73. The number of methoxy groups -OCH3 is 1. The van der Waals surface area contributed by atoms with E-state index in [0.717, 1.165) is 18.4 Å². The molecule has 0 atom stereocenters. The predicted molar refractivity (Wildman–Crippen MR) is 67.5 cm³/mol. The number of ether oxygens (including phenoxy) is 1. The van der Waals surface area contributed by atoms with Gasteiger partial charge in [-0.25, -0.2) is 4.79 Å². The Labute approximate surface area is 102 Å². The first-order valence-corrected chi connectivity index (χ1v) is 5.93. The average Bonchev–Trinajstić information content (AvgIpc) is 2.36. The van der Waals surface area contributed by atoms with Gasteiger partial charge in [-0.05, 0) is 24.5 Å². The third kappa shape index (κ3) is 2.67. The molecular weight excluding hydrogens is 216 g/mol. The van der Waals surface area contributed by atoms with Crippen molar-refractivity contribution in [1.82, 2.24) is 0 Å². The van der Waals surface area contributed by atoms with E-state index in [4.69, 9.17) is 4.74 Å². The van der Waals surface area contributed by atoms with Gasteiger partial charge in [0.25, 0.3) is 0 Å². The first-order chi connectivity index (χ1) is 8.11. The van der Waals surface area contributed by atoms with Crippen LogP contribution in [0, 0.1) is 0 Å². The predicted octanol–water partition coefficient (Wildman–Crippen LogP) is 3.09. The molecule has 3 nitrogen and oxygen atoms in total. The summed E-state index contributed by atoms with van der Waals surface area (Å²) in [5.74, 6) is -0.872. The summed E-state index contributed by atoms with van der Waals surface area (Å²) >= 11 is 0. The lowest BCUT2D eigenvalue weighted by atomic mass is 9.74. The van der Waals surface area contributed by atoms with Crippen molar-refractivity contribution in [2.24, 2.45) is 0 Å². The maximum atomic E-state index is 11.3. The number of carboxylic acid groups (broad SMARTS) is 1. The van der Waals surface area contributed by atoms with Crippen LogP contribution in [-0.2, 0) is 10.2 Å². The lowest BCUT2D eigenvalue weighted by Crippen LogP contribution is -2.32. The van der Waals surface area contributed by atoms with E-state index >= 15 is 0 Å². The molecule has 0 aromatic heterocycles. The van der Waals surface area contributed by atoms with Gasteiger partial charge in [-0.3, -0.25) is 0 Å². The van der Waals surface area contributed by atoms with Gasteiger partial charge >= 0.3 is 5.97 Å².